The zero-order valence-electron chi connectivity index (χ0n) is 11.0. The molecule has 1 aromatic carbocycles. The number of hydrogen-bond donors (Lipinski definition) is 2. The predicted molar refractivity (Wildman–Crippen MR) is 78.3 cm³/mol. The summed E-state index contributed by atoms with van der Waals surface area (Å²) >= 11 is 1.19. The zero-order valence-corrected chi connectivity index (χ0v) is 11.8. The molecule has 5 nitrogen and oxygen atoms in total. The van der Waals surface area contributed by atoms with Gasteiger partial charge in [-0.25, -0.2) is 4.39 Å². The van der Waals surface area contributed by atoms with E-state index < -0.39 is 11.9 Å². The van der Waals surface area contributed by atoms with Gasteiger partial charge in [0.05, 0.1) is 23.6 Å². The maximum atomic E-state index is 12.8. The predicted octanol–water partition coefficient (Wildman–Crippen LogP) is 2.05. The van der Waals surface area contributed by atoms with Gasteiger partial charge in [0, 0.05) is 13.1 Å². The summed E-state index contributed by atoms with van der Waals surface area (Å²) in [7, 11) is 0. The number of pyridine rings is 1. The Hall–Kier alpha value is -1.96. The SMILES string of the molecule is OC(CNCc1ccc2nsnc2c1)c1ccc(F)cn1. The van der Waals surface area contributed by atoms with Gasteiger partial charge in [0.2, 0.25) is 0 Å². The van der Waals surface area contributed by atoms with E-state index in [0.717, 1.165) is 22.8 Å². The highest BCUT2D eigenvalue weighted by Crippen LogP contribution is 2.14. The highest BCUT2D eigenvalue weighted by atomic mass is 32.1. The van der Waals surface area contributed by atoms with Crippen molar-refractivity contribution in [1.82, 2.24) is 19.0 Å². The van der Waals surface area contributed by atoms with Crippen molar-refractivity contribution < 1.29 is 9.50 Å². The smallest absolute Gasteiger partial charge is 0.141 e. The minimum atomic E-state index is -0.768. The monoisotopic (exact) mass is 304 g/mol. The average molecular weight is 304 g/mol. The second kappa shape index (κ2) is 6.21. The van der Waals surface area contributed by atoms with Gasteiger partial charge in [-0.05, 0) is 29.8 Å². The Kier molecular flexibility index (Phi) is 4.14. The molecule has 0 saturated carbocycles. The largest absolute Gasteiger partial charge is 0.385 e. The van der Waals surface area contributed by atoms with Crippen LogP contribution in [0.1, 0.15) is 17.4 Å². The molecular formula is C14H13FN4OS. The van der Waals surface area contributed by atoms with E-state index in [-0.39, 0.29) is 0 Å². The van der Waals surface area contributed by atoms with Crippen molar-refractivity contribution in [2.75, 3.05) is 6.54 Å². The summed E-state index contributed by atoms with van der Waals surface area (Å²) in [6.07, 6.45) is 0.331. The summed E-state index contributed by atoms with van der Waals surface area (Å²) < 4.78 is 21.1. The van der Waals surface area contributed by atoms with Crippen molar-refractivity contribution in [1.29, 1.82) is 0 Å². The van der Waals surface area contributed by atoms with Crippen LogP contribution < -0.4 is 5.32 Å². The lowest BCUT2D eigenvalue weighted by Crippen LogP contribution is -2.21. The van der Waals surface area contributed by atoms with Gasteiger partial charge < -0.3 is 10.4 Å². The molecule has 21 heavy (non-hydrogen) atoms. The third kappa shape index (κ3) is 3.38. The number of aliphatic hydroxyl groups is 1. The molecule has 3 rings (SSSR count). The quantitative estimate of drug-likeness (QED) is 0.755. The van der Waals surface area contributed by atoms with Crippen LogP contribution in [0.15, 0.2) is 36.5 Å². The van der Waals surface area contributed by atoms with Gasteiger partial charge in [-0.15, -0.1) is 0 Å². The number of aliphatic hydroxyl groups excluding tert-OH is 1. The number of halogens is 1. The van der Waals surface area contributed by atoms with Crippen molar-refractivity contribution in [3.8, 4) is 0 Å². The summed E-state index contributed by atoms with van der Waals surface area (Å²) in [6.45, 7) is 0.942. The fraction of sp³-hybridized carbons (Fsp3) is 0.214. The van der Waals surface area contributed by atoms with E-state index in [2.05, 4.69) is 19.0 Å². The average Bonchev–Trinajstić information content (AvgIpc) is 2.95. The molecule has 108 valence electrons. The van der Waals surface area contributed by atoms with Crippen LogP contribution in [-0.4, -0.2) is 25.4 Å². The molecule has 0 bridgehead atoms. The summed E-state index contributed by atoms with van der Waals surface area (Å²) in [4.78, 5) is 3.86. The fourth-order valence-corrected chi connectivity index (χ4v) is 2.50. The van der Waals surface area contributed by atoms with Crippen LogP contribution in [0.3, 0.4) is 0 Å². The van der Waals surface area contributed by atoms with Crippen molar-refractivity contribution in [2.24, 2.45) is 0 Å². The zero-order chi connectivity index (χ0) is 14.7. The number of benzene rings is 1. The van der Waals surface area contributed by atoms with Crippen LogP contribution in [0.5, 0.6) is 0 Å². The van der Waals surface area contributed by atoms with E-state index in [1.165, 1.54) is 23.9 Å². The van der Waals surface area contributed by atoms with Crippen LogP contribution >= 0.6 is 11.7 Å². The topological polar surface area (TPSA) is 70.9 Å². The fourth-order valence-electron chi connectivity index (χ4n) is 1.98. The number of hydrogen-bond acceptors (Lipinski definition) is 6. The normalized spacial score (nSPS) is 12.7. The molecule has 2 aromatic heterocycles. The third-order valence-corrected chi connectivity index (χ3v) is 3.63. The van der Waals surface area contributed by atoms with Crippen LogP contribution in [0, 0.1) is 5.82 Å². The Morgan fingerprint density at radius 1 is 1.19 bits per heavy atom. The molecule has 0 spiro atoms. The molecule has 7 heteroatoms. The van der Waals surface area contributed by atoms with Gasteiger partial charge in [0.1, 0.15) is 23.0 Å². The summed E-state index contributed by atoms with van der Waals surface area (Å²) in [5.41, 5.74) is 3.27. The highest BCUT2D eigenvalue weighted by molar-refractivity contribution is 7.00. The first-order valence-electron chi connectivity index (χ1n) is 6.44. The van der Waals surface area contributed by atoms with Gasteiger partial charge in [0.25, 0.3) is 0 Å². The molecule has 0 radical (unpaired) electrons. The van der Waals surface area contributed by atoms with Gasteiger partial charge in [-0.2, -0.15) is 8.75 Å². The maximum absolute atomic E-state index is 12.8. The number of nitrogens with one attached hydrogen (secondary N) is 1. The van der Waals surface area contributed by atoms with E-state index in [4.69, 9.17) is 0 Å². The Balaban J connectivity index is 1.56. The second-order valence-corrected chi connectivity index (χ2v) is 5.16. The van der Waals surface area contributed by atoms with Gasteiger partial charge in [-0.3, -0.25) is 4.98 Å². The van der Waals surface area contributed by atoms with E-state index in [1.54, 1.807) is 0 Å². The van der Waals surface area contributed by atoms with Crippen LogP contribution in [-0.2, 0) is 6.54 Å². The maximum Gasteiger partial charge on any atom is 0.141 e. The molecule has 0 amide bonds. The molecule has 0 fully saturated rings. The van der Waals surface area contributed by atoms with Crippen LogP contribution in [0.4, 0.5) is 4.39 Å². The highest BCUT2D eigenvalue weighted by Gasteiger charge is 2.08. The van der Waals surface area contributed by atoms with Crippen LogP contribution in [0.25, 0.3) is 11.0 Å². The van der Waals surface area contributed by atoms with E-state index in [1.807, 2.05) is 18.2 Å². The molecule has 2 heterocycles. The third-order valence-electron chi connectivity index (χ3n) is 3.08. The van der Waals surface area contributed by atoms with Crippen LogP contribution in [0.2, 0.25) is 0 Å². The molecule has 0 aliphatic heterocycles. The molecule has 0 aliphatic rings. The van der Waals surface area contributed by atoms with Crippen molar-refractivity contribution in [3.63, 3.8) is 0 Å². The second-order valence-electron chi connectivity index (χ2n) is 4.64. The van der Waals surface area contributed by atoms with E-state index >= 15 is 0 Å². The van der Waals surface area contributed by atoms with Gasteiger partial charge >= 0.3 is 0 Å². The molecule has 2 N–H and O–H groups in total. The number of fused-ring (bicyclic) bond motifs is 1. The lowest BCUT2D eigenvalue weighted by atomic mass is 10.2. The van der Waals surface area contributed by atoms with Gasteiger partial charge in [0.15, 0.2) is 0 Å². The standard InChI is InChI=1S/C14H13FN4OS/c15-10-2-4-12(17-7-10)14(20)8-16-6-9-1-3-11-13(5-9)19-21-18-11/h1-5,7,14,16,20H,6,8H2. The Morgan fingerprint density at radius 2 is 2.05 bits per heavy atom. The van der Waals surface area contributed by atoms with E-state index in [9.17, 15) is 9.50 Å². The first kappa shape index (κ1) is 14.0. The Bertz CT molecular complexity index is 731. The first-order valence-corrected chi connectivity index (χ1v) is 7.17. The van der Waals surface area contributed by atoms with Crippen molar-refractivity contribution >= 4 is 22.8 Å². The molecule has 0 saturated heterocycles. The molecule has 1 atom stereocenters. The summed E-state index contributed by atoms with van der Waals surface area (Å²) in [6, 6.07) is 8.63. The molecule has 1 unspecified atom stereocenters. The van der Waals surface area contributed by atoms with Crippen molar-refractivity contribution in [2.45, 2.75) is 12.6 Å². The number of aromatic nitrogens is 3. The number of nitrogens with zero attached hydrogens (tertiary/aromatic N) is 3. The van der Waals surface area contributed by atoms with E-state index in [0.29, 0.717) is 18.8 Å². The minimum absolute atomic E-state index is 0.339. The molecule has 0 aliphatic carbocycles. The lowest BCUT2D eigenvalue weighted by Gasteiger charge is -2.11. The minimum Gasteiger partial charge on any atom is -0.385 e. The Morgan fingerprint density at radius 3 is 2.86 bits per heavy atom. The first-order chi connectivity index (χ1) is 10.2. The molecular weight excluding hydrogens is 291 g/mol. The summed E-state index contributed by atoms with van der Waals surface area (Å²) in [5.74, 6) is -0.413. The Labute approximate surface area is 124 Å². The van der Waals surface area contributed by atoms with Gasteiger partial charge in [-0.1, -0.05) is 6.07 Å². The lowest BCUT2D eigenvalue weighted by molar-refractivity contribution is 0.169. The number of rotatable bonds is 5. The van der Waals surface area contributed by atoms with Crippen molar-refractivity contribution in [3.05, 3.63) is 53.6 Å². The molecule has 3 aromatic rings. The summed E-state index contributed by atoms with van der Waals surface area (Å²) in [5, 5.41) is 13.1.